The fourth-order valence-corrected chi connectivity index (χ4v) is 6.29. The summed E-state index contributed by atoms with van der Waals surface area (Å²) in [5.41, 5.74) is 5.27. The third-order valence-corrected chi connectivity index (χ3v) is 7.65. The lowest BCUT2D eigenvalue weighted by Gasteiger charge is -2.39. The fourth-order valence-electron chi connectivity index (χ4n) is 6.29. The van der Waals surface area contributed by atoms with Gasteiger partial charge in [0.2, 0.25) is 5.91 Å². The number of carbonyl (C=O) groups is 1. The van der Waals surface area contributed by atoms with E-state index in [1.807, 2.05) is 30.3 Å². The highest BCUT2D eigenvalue weighted by Crippen LogP contribution is 2.54. The molecule has 0 saturated carbocycles. The van der Waals surface area contributed by atoms with E-state index in [1.165, 1.54) is 43.7 Å². The third kappa shape index (κ3) is 3.64. The van der Waals surface area contributed by atoms with Crippen molar-refractivity contribution in [1.29, 1.82) is 0 Å². The summed E-state index contributed by atoms with van der Waals surface area (Å²) in [4.78, 5) is 11.8. The largest absolute Gasteiger partial charge is 0.493 e. The maximum absolute atomic E-state index is 11.8. The number of carbonyl (C=O) groups excluding carboxylic acids is 1. The SMILES string of the molecule is COc1cccc2c1Oc1cc(-c3ccccc3NC(C)=O)ccc1C2C1CC2CCC(C1)N2. The van der Waals surface area contributed by atoms with E-state index in [0.29, 0.717) is 18.0 Å². The first-order valence-corrected chi connectivity index (χ1v) is 12.2. The Balaban J connectivity index is 1.46. The molecule has 3 atom stereocenters. The van der Waals surface area contributed by atoms with Crippen molar-refractivity contribution in [1.82, 2.24) is 5.32 Å². The minimum absolute atomic E-state index is 0.0825. The highest BCUT2D eigenvalue weighted by Gasteiger charge is 2.41. The van der Waals surface area contributed by atoms with Crippen LogP contribution >= 0.6 is 0 Å². The second-order valence-corrected chi connectivity index (χ2v) is 9.81. The number of benzene rings is 3. The molecule has 174 valence electrons. The van der Waals surface area contributed by atoms with Gasteiger partial charge in [-0.15, -0.1) is 0 Å². The zero-order valence-electron chi connectivity index (χ0n) is 19.6. The molecule has 2 bridgehead atoms. The number of rotatable bonds is 4. The summed E-state index contributed by atoms with van der Waals surface area (Å²) in [6.07, 6.45) is 4.93. The average molecular weight is 455 g/mol. The molecule has 3 aromatic carbocycles. The van der Waals surface area contributed by atoms with Gasteiger partial charge in [0.15, 0.2) is 11.5 Å². The van der Waals surface area contributed by atoms with Crippen LogP contribution in [0.15, 0.2) is 60.7 Å². The van der Waals surface area contributed by atoms with Crippen LogP contribution in [0.25, 0.3) is 11.1 Å². The number of anilines is 1. The topological polar surface area (TPSA) is 59.6 Å². The molecular weight excluding hydrogens is 424 g/mol. The van der Waals surface area contributed by atoms with Crippen LogP contribution in [0.2, 0.25) is 0 Å². The van der Waals surface area contributed by atoms with Gasteiger partial charge in [-0.05, 0) is 55.4 Å². The van der Waals surface area contributed by atoms with Crippen molar-refractivity contribution in [2.24, 2.45) is 5.92 Å². The van der Waals surface area contributed by atoms with E-state index in [0.717, 1.165) is 34.1 Å². The van der Waals surface area contributed by atoms with E-state index in [4.69, 9.17) is 9.47 Å². The van der Waals surface area contributed by atoms with Gasteiger partial charge in [-0.2, -0.15) is 0 Å². The Bertz CT molecular complexity index is 1240. The standard InChI is InChI=1S/C29H30N2O3/c1-17(32)30-25-8-4-3-6-22(25)18-10-13-23-27(16-18)34-29-24(7-5-9-26(29)33-2)28(23)19-14-20-11-12-21(15-19)31-20/h3-10,13,16,19-21,28,31H,11-12,14-15H2,1-2H3,(H,30,32). The van der Waals surface area contributed by atoms with Gasteiger partial charge < -0.3 is 20.1 Å². The number of piperidine rings is 1. The zero-order valence-corrected chi connectivity index (χ0v) is 19.6. The Hall–Kier alpha value is -3.31. The highest BCUT2D eigenvalue weighted by atomic mass is 16.5. The number of nitrogens with one attached hydrogen (secondary N) is 2. The number of fused-ring (bicyclic) bond motifs is 4. The van der Waals surface area contributed by atoms with Gasteiger partial charge in [-0.25, -0.2) is 0 Å². The molecule has 3 aliphatic heterocycles. The van der Waals surface area contributed by atoms with Crippen LogP contribution in [-0.4, -0.2) is 25.1 Å². The first-order chi connectivity index (χ1) is 16.6. The summed E-state index contributed by atoms with van der Waals surface area (Å²) >= 11 is 0. The quantitative estimate of drug-likeness (QED) is 0.501. The van der Waals surface area contributed by atoms with Crippen LogP contribution in [0.1, 0.15) is 49.7 Å². The van der Waals surface area contributed by atoms with Crippen LogP contribution < -0.4 is 20.1 Å². The van der Waals surface area contributed by atoms with E-state index in [2.05, 4.69) is 41.0 Å². The lowest BCUT2D eigenvalue weighted by Crippen LogP contribution is -2.40. The Morgan fingerprint density at radius 1 is 1.00 bits per heavy atom. The van der Waals surface area contributed by atoms with E-state index >= 15 is 0 Å². The van der Waals surface area contributed by atoms with E-state index in [-0.39, 0.29) is 11.8 Å². The molecule has 3 aliphatic rings. The van der Waals surface area contributed by atoms with Gasteiger partial charge in [-0.3, -0.25) is 4.79 Å². The number of hydrogen-bond donors (Lipinski definition) is 2. The first kappa shape index (κ1) is 21.2. The molecule has 1 amide bonds. The molecule has 2 N–H and O–H groups in total. The van der Waals surface area contributed by atoms with Crippen molar-refractivity contribution in [2.45, 2.75) is 50.6 Å². The Kier molecular flexibility index (Phi) is 5.30. The Labute approximate surface area is 200 Å². The maximum atomic E-state index is 11.8. The smallest absolute Gasteiger partial charge is 0.221 e. The highest BCUT2D eigenvalue weighted by molar-refractivity contribution is 5.94. The van der Waals surface area contributed by atoms with Gasteiger partial charge in [-0.1, -0.05) is 42.5 Å². The average Bonchev–Trinajstić information content (AvgIpc) is 3.19. The summed E-state index contributed by atoms with van der Waals surface area (Å²) in [6, 6.07) is 21.9. The number of hydrogen-bond acceptors (Lipinski definition) is 4. The Morgan fingerprint density at radius 2 is 1.79 bits per heavy atom. The minimum atomic E-state index is -0.0825. The van der Waals surface area contributed by atoms with Crippen molar-refractivity contribution in [3.63, 3.8) is 0 Å². The molecule has 2 saturated heterocycles. The third-order valence-electron chi connectivity index (χ3n) is 7.65. The number of amides is 1. The molecule has 0 aliphatic carbocycles. The maximum Gasteiger partial charge on any atom is 0.221 e. The van der Waals surface area contributed by atoms with Crippen molar-refractivity contribution < 1.29 is 14.3 Å². The van der Waals surface area contributed by atoms with Crippen LogP contribution in [0.4, 0.5) is 5.69 Å². The number of methoxy groups -OCH3 is 1. The molecule has 0 spiro atoms. The molecule has 3 heterocycles. The molecule has 2 fully saturated rings. The normalized spacial score (nSPS) is 24.5. The minimum Gasteiger partial charge on any atom is -0.493 e. The predicted molar refractivity (Wildman–Crippen MR) is 134 cm³/mol. The fraction of sp³-hybridized carbons (Fsp3) is 0.345. The van der Waals surface area contributed by atoms with Crippen molar-refractivity contribution >= 4 is 11.6 Å². The van der Waals surface area contributed by atoms with E-state index < -0.39 is 0 Å². The molecular formula is C29H30N2O3. The van der Waals surface area contributed by atoms with Crippen molar-refractivity contribution in [3.8, 4) is 28.4 Å². The molecule has 34 heavy (non-hydrogen) atoms. The molecule has 3 unspecified atom stereocenters. The van der Waals surface area contributed by atoms with Gasteiger partial charge in [0, 0.05) is 47.3 Å². The molecule has 6 rings (SSSR count). The summed E-state index contributed by atoms with van der Waals surface area (Å²) in [7, 11) is 1.70. The molecule has 5 heteroatoms. The van der Waals surface area contributed by atoms with E-state index in [1.54, 1.807) is 7.11 Å². The predicted octanol–water partition coefficient (Wildman–Crippen LogP) is 6.09. The second-order valence-electron chi connectivity index (χ2n) is 9.81. The zero-order chi connectivity index (χ0) is 23.2. The number of ether oxygens (including phenoxy) is 2. The molecule has 3 aromatic rings. The van der Waals surface area contributed by atoms with Crippen LogP contribution in [0, 0.1) is 5.92 Å². The summed E-state index contributed by atoms with van der Waals surface area (Å²) in [5, 5.41) is 6.75. The van der Waals surface area contributed by atoms with Crippen molar-refractivity contribution in [2.75, 3.05) is 12.4 Å². The summed E-state index contributed by atoms with van der Waals surface area (Å²) in [5.74, 6) is 3.24. The molecule has 0 aromatic heterocycles. The van der Waals surface area contributed by atoms with Crippen LogP contribution in [-0.2, 0) is 4.79 Å². The van der Waals surface area contributed by atoms with Gasteiger partial charge >= 0.3 is 0 Å². The lowest BCUT2D eigenvalue weighted by atomic mass is 9.73. The molecule has 0 radical (unpaired) electrons. The second kappa shape index (κ2) is 8.48. The first-order valence-electron chi connectivity index (χ1n) is 12.2. The van der Waals surface area contributed by atoms with E-state index in [9.17, 15) is 4.79 Å². The van der Waals surface area contributed by atoms with Crippen LogP contribution in [0.5, 0.6) is 17.2 Å². The van der Waals surface area contributed by atoms with Gasteiger partial charge in [0.1, 0.15) is 5.75 Å². The molecule has 5 nitrogen and oxygen atoms in total. The van der Waals surface area contributed by atoms with Gasteiger partial charge in [0.25, 0.3) is 0 Å². The van der Waals surface area contributed by atoms with Crippen molar-refractivity contribution in [3.05, 3.63) is 71.8 Å². The summed E-state index contributed by atoms with van der Waals surface area (Å²) < 4.78 is 12.3. The monoisotopic (exact) mass is 454 g/mol. The van der Waals surface area contributed by atoms with Gasteiger partial charge in [0.05, 0.1) is 7.11 Å². The Morgan fingerprint density at radius 3 is 2.56 bits per heavy atom. The number of para-hydroxylation sites is 2. The summed E-state index contributed by atoms with van der Waals surface area (Å²) in [6.45, 7) is 1.53. The van der Waals surface area contributed by atoms with Crippen LogP contribution in [0.3, 0.4) is 0 Å². The lowest BCUT2D eigenvalue weighted by molar-refractivity contribution is -0.114.